The molecule has 2 aromatic heterocycles. The molecule has 0 radical (unpaired) electrons. The minimum absolute atomic E-state index is 0.105. The van der Waals surface area contributed by atoms with E-state index in [1.54, 1.807) is 0 Å². The third-order valence-corrected chi connectivity index (χ3v) is 5.28. The van der Waals surface area contributed by atoms with Gasteiger partial charge in [0.05, 0.1) is 12.7 Å². The van der Waals surface area contributed by atoms with Crippen LogP contribution < -0.4 is 10.6 Å². The van der Waals surface area contributed by atoms with Crippen molar-refractivity contribution in [3.63, 3.8) is 0 Å². The van der Waals surface area contributed by atoms with Crippen molar-refractivity contribution in [1.29, 1.82) is 0 Å². The Labute approximate surface area is 161 Å². The number of anilines is 1. The summed E-state index contributed by atoms with van der Waals surface area (Å²) >= 11 is 0.207. The molecule has 0 atom stereocenters. The highest BCUT2D eigenvalue weighted by Crippen LogP contribution is 2.38. The maximum atomic E-state index is 13.1. The van der Waals surface area contributed by atoms with Crippen LogP contribution in [0.1, 0.15) is 32.1 Å². The van der Waals surface area contributed by atoms with Gasteiger partial charge in [-0.25, -0.2) is 4.98 Å². The van der Waals surface area contributed by atoms with Gasteiger partial charge in [-0.3, -0.25) is 9.59 Å². The van der Waals surface area contributed by atoms with E-state index in [9.17, 15) is 22.8 Å². The number of carbonyl (C=O) groups is 2. The lowest BCUT2D eigenvalue weighted by Crippen LogP contribution is -2.22. The molecule has 3 rings (SSSR count). The molecule has 0 fully saturated rings. The van der Waals surface area contributed by atoms with Gasteiger partial charge in [-0.05, 0) is 25.0 Å². The maximum absolute atomic E-state index is 13.1. The highest BCUT2D eigenvalue weighted by Gasteiger charge is 2.39. The SMILES string of the molecule is CNC(=O)c1nc(NC(=O)Cc2coc3c(C)c(C)ccc23)sc1C(F)(F)F. The van der Waals surface area contributed by atoms with Gasteiger partial charge in [-0.2, -0.15) is 13.2 Å². The molecule has 0 aliphatic carbocycles. The van der Waals surface area contributed by atoms with E-state index in [0.717, 1.165) is 16.5 Å². The molecule has 0 saturated carbocycles. The molecule has 3 aromatic rings. The second-order valence-corrected chi connectivity index (χ2v) is 7.14. The number of fused-ring (bicyclic) bond motifs is 1. The van der Waals surface area contributed by atoms with Crippen LogP contribution in [0.3, 0.4) is 0 Å². The smallest absolute Gasteiger partial charge is 0.428 e. The Bertz CT molecular complexity index is 1070. The van der Waals surface area contributed by atoms with Gasteiger partial charge in [0.25, 0.3) is 5.91 Å². The van der Waals surface area contributed by atoms with Crippen molar-refractivity contribution in [2.45, 2.75) is 26.4 Å². The summed E-state index contributed by atoms with van der Waals surface area (Å²) in [5.41, 5.74) is 2.50. The summed E-state index contributed by atoms with van der Waals surface area (Å²) in [5.74, 6) is -1.54. The normalized spacial score (nSPS) is 11.6. The third kappa shape index (κ3) is 3.72. The second kappa shape index (κ2) is 7.27. The van der Waals surface area contributed by atoms with Crippen molar-refractivity contribution in [2.75, 3.05) is 12.4 Å². The van der Waals surface area contributed by atoms with Gasteiger partial charge >= 0.3 is 6.18 Å². The zero-order valence-electron chi connectivity index (χ0n) is 15.2. The van der Waals surface area contributed by atoms with Gasteiger partial charge in [0, 0.05) is 18.0 Å². The standard InChI is InChI=1S/C18H16F3N3O3S/c1-8-4-5-11-10(7-27-14(11)9(8)2)6-12(25)23-17-24-13(16(26)22-3)15(28-17)18(19,20)21/h4-5,7H,6H2,1-3H3,(H,22,26)(H,23,24,25). The predicted octanol–water partition coefficient (Wildman–Crippen LogP) is 4.07. The molecule has 0 aliphatic heterocycles. The predicted molar refractivity (Wildman–Crippen MR) is 98.5 cm³/mol. The van der Waals surface area contributed by atoms with Crippen molar-refractivity contribution in [2.24, 2.45) is 0 Å². The van der Waals surface area contributed by atoms with E-state index in [1.807, 2.05) is 26.0 Å². The van der Waals surface area contributed by atoms with Crippen LogP contribution in [0.25, 0.3) is 11.0 Å². The molecule has 2 N–H and O–H groups in total. The van der Waals surface area contributed by atoms with Crippen molar-refractivity contribution in [1.82, 2.24) is 10.3 Å². The van der Waals surface area contributed by atoms with E-state index in [1.165, 1.54) is 13.3 Å². The van der Waals surface area contributed by atoms with Gasteiger partial charge in [-0.1, -0.05) is 23.5 Å². The molecular formula is C18H16F3N3O3S. The molecule has 0 bridgehead atoms. The number of aryl methyl sites for hydroxylation is 2. The fraction of sp³-hybridized carbons (Fsp3) is 0.278. The van der Waals surface area contributed by atoms with Crippen LogP contribution in [0.4, 0.5) is 18.3 Å². The lowest BCUT2D eigenvalue weighted by Gasteiger charge is -2.04. The first-order chi connectivity index (χ1) is 13.1. The third-order valence-electron chi connectivity index (χ3n) is 4.27. The number of halogens is 3. The first-order valence-electron chi connectivity index (χ1n) is 8.18. The van der Waals surface area contributed by atoms with Crippen LogP contribution in [-0.2, 0) is 17.4 Å². The fourth-order valence-electron chi connectivity index (χ4n) is 2.70. The van der Waals surface area contributed by atoms with Crippen molar-refractivity contribution in [3.05, 3.63) is 45.7 Å². The second-order valence-electron chi connectivity index (χ2n) is 6.14. The van der Waals surface area contributed by atoms with Crippen LogP contribution in [0.2, 0.25) is 0 Å². The van der Waals surface area contributed by atoms with E-state index in [-0.39, 0.29) is 22.9 Å². The minimum Gasteiger partial charge on any atom is -0.464 e. The largest absolute Gasteiger partial charge is 0.464 e. The molecule has 0 aliphatic rings. The number of hydrogen-bond acceptors (Lipinski definition) is 5. The van der Waals surface area contributed by atoms with E-state index >= 15 is 0 Å². The monoisotopic (exact) mass is 411 g/mol. The average molecular weight is 411 g/mol. The summed E-state index contributed by atoms with van der Waals surface area (Å²) in [4.78, 5) is 26.4. The zero-order valence-corrected chi connectivity index (χ0v) is 16.0. The number of alkyl halides is 3. The Morgan fingerprint density at radius 1 is 1.25 bits per heavy atom. The average Bonchev–Trinajstić information content (AvgIpc) is 3.22. The van der Waals surface area contributed by atoms with Gasteiger partial charge < -0.3 is 15.1 Å². The highest BCUT2D eigenvalue weighted by molar-refractivity contribution is 7.16. The van der Waals surface area contributed by atoms with Crippen LogP contribution in [-0.4, -0.2) is 23.8 Å². The fourth-order valence-corrected chi connectivity index (χ4v) is 3.55. The first-order valence-corrected chi connectivity index (χ1v) is 8.99. The summed E-state index contributed by atoms with van der Waals surface area (Å²) in [6.07, 6.45) is -3.40. The molecule has 148 valence electrons. The van der Waals surface area contributed by atoms with Crippen molar-refractivity contribution < 1.29 is 27.2 Å². The number of amides is 2. The van der Waals surface area contributed by atoms with Crippen molar-refractivity contribution >= 4 is 39.3 Å². The number of aromatic nitrogens is 1. The number of benzene rings is 1. The number of thiazole rings is 1. The number of nitrogens with zero attached hydrogens (tertiary/aromatic N) is 1. The molecule has 28 heavy (non-hydrogen) atoms. The number of hydrogen-bond donors (Lipinski definition) is 2. The molecule has 0 spiro atoms. The van der Waals surface area contributed by atoms with Crippen LogP contribution in [0, 0.1) is 13.8 Å². The number of furan rings is 1. The van der Waals surface area contributed by atoms with Crippen molar-refractivity contribution in [3.8, 4) is 0 Å². The number of carbonyl (C=O) groups excluding carboxylic acids is 2. The highest BCUT2D eigenvalue weighted by atomic mass is 32.1. The van der Waals surface area contributed by atoms with E-state index < -0.39 is 28.6 Å². The summed E-state index contributed by atoms with van der Waals surface area (Å²) in [6.45, 7) is 3.84. The van der Waals surface area contributed by atoms with E-state index in [4.69, 9.17) is 4.42 Å². The number of nitrogens with one attached hydrogen (secondary N) is 2. The van der Waals surface area contributed by atoms with E-state index in [0.29, 0.717) is 11.1 Å². The topological polar surface area (TPSA) is 84.2 Å². The van der Waals surface area contributed by atoms with E-state index in [2.05, 4.69) is 15.6 Å². The number of rotatable bonds is 4. The Morgan fingerprint density at radius 3 is 2.61 bits per heavy atom. The summed E-state index contributed by atoms with van der Waals surface area (Å²) in [5, 5.41) is 4.90. The molecule has 0 saturated heterocycles. The van der Waals surface area contributed by atoms with Crippen LogP contribution >= 0.6 is 11.3 Å². The first kappa shape index (κ1) is 19.9. The van der Waals surface area contributed by atoms with Crippen LogP contribution in [0.15, 0.2) is 22.8 Å². The zero-order chi connectivity index (χ0) is 20.6. The molecule has 2 amide bonds. The quantitative estimate of drug-likeness (QED) is 0.678. The lowest BCUT2D eigenvalue weighted by molar-refractivity contribution is -0.134. The Balaban J connectivity index is 1.83. The molecule has 2 heterocycles. The van der Waals surface area contributed by atoms with Crippen LogP contribution in [0.5, 0.6) is 0 Å². The van der Waals surface area contributed by atoms with Gasteiger partial charge in [0.1, 0.15) is 10.5 Å². The Hall–Kier alpha value is -2.88. The molecule has 10 heteroatoms. The summed E-state index contributed by atoms with van der Waals surface area (Å²) in [7, 11) is 1.20. The minimum atomic E-state index is -4.75. The molecule has 0 unspecified atom stereocenters. The van der Waals surface area contributed by atoms with Gasteiger partial charge in [-0.15, -0.1) is 0 Å². The Kier molecular flexibility index (Phi) is 5.16. The molecular weight excluding hydrogens is 395 g/mol. The molecule has 6 nitrogen and oxygen atoms in total. The molecule has 1 aromatic carbocycles. The summed E-state index contributed by atoms with van der Waals surface area (Å²) in [6, 6.07) is 3.74. The van der Waals surface area contributed by atoms with Gasteiger partial charge in [0.2, 0.25) is 5.91 Å². The summed E-state index contributed by atoms with van der Waals surface area (Å²) < 4.78 is 44.9. The van der Waals surface area contributed by atoms with Gasteiger partial charge in [0.15, 0.2) is 10.8 Å². The Morgan fingerprint density at radius 2 is 1.96 bits per heavy atom. The maximum Gasteiger partial charge on any atom is 0.428 e. The lowest BCUT2D eigenvalue weighted by atomic mass is 10.0.